The van der Waals surface area contributed by atoms with E-state index in [4.69, 9.17) is 11.0 Å². The Kier molecular flexibility index (Phi) is 1.88. The van der Waals surface area contributed by atoms with Crippen LogP contribution in [0.5, 0.6) is 0 Å². The van der Waals surface area contributed by atoms with Crippen molar-refractivity contribution < 1.29 is 0 Å². The highest BCUT2D eigenvalue weighted by molar-refractivity contribution is 5.91. The Morgan fingerprint density at radius 3 is 3.07 bits per heavy atom. The molecule has 0 amide bonds. The van der Waals surface area contributed by atoms with E-state index in [2.05, 4.69) is 10.1 Å². The SMILES string of the molecule is N#CN=C(N)n1ncc2ccccc21. The van der Waals surface area contributed by atoms with Gasteiger partial charge in [0.25, 0.3) is 0 Å². The Hall–Kier alpha value is -2.35. The number of hydrogen-bond donors (Lipinski definition) is 1. The van der Waals surface area contributed by atoms with E-state index in [0.29, 0.717) is 0 Å². The summed E-state index contributed by atoms with van der Waals surface area (Å²) in [6.45, 7) is 0. The standard InChI is InChI=1S/C9H7N5/c10-6-12-9(11)14-8-4-2-1-3-7(8)5-13-14/h1-5H,(H2,11,12). The molecule has 0 spiro atoms. The summed E-state index contributed by atoms with van der Waals surface area (Å²) in [5, 5.41) is 13.3. The fourth-order valence-electron chi connectivity index (χ4n) is 1.25. The predicted octanol–water partition coefficient (Wildman–Crippen LogP) is 0.680. The van der Waals surface area contributed by atoms with Crippen LogP contribution in [0.1, 0.15) is 0 Å². The maximum atomic E-state index is 8.35. The van der Waals surface area contributed by atoms with E-state index >= 15 is 0 Å². The Morgan fingerprint density at radius 2 is 2.29 bits per heavy atom. The monoisotopic (exact) mass is 185 g/mol. The Morgan fingerprint density at radius 1 is 1.50 bits per heavy atom. The highest BCUT2D eigenvalue weighted by Gasteiger charge is 2.03. The first-order valence-electron chi connectivity index (χ1n) is 3.98. The van der Waals surface area contributed by atoms with Gasteiger partial charge in [-0.3, -0.25) is 0 Å². The Balaban J connectivity index is 2.65. The van der Waals surface area contributed by atoms with Crippen LogP contribution in [-0.2, 0) is 0 Å². The molecule has 0 atom stereocenters. The molecular formula is C9H7N5. The zero-order valence-corrected chi connectivity index (χ0v) is 7.25. The van der Waals surface area contributed by atoms with Gasteiger partial charge in [0.15, 0.2) is 0 Å². The van der Waals surface area contributed by atoms with Crippen LogP contribution in [-0.4, -0.2) is 15.7 Å². The van der Waals surface area contributed by atoms with Crippen molar-refractivity contribution >= 4 is 16.9 Å². The fraction of sp³-hybridized carbons (Fsp3) is 0. The summed E-state index contributed by atoms with van der Waals surface area (Å²) >= 11 is 0. The zero-order valence-electron chi connectivity index (χ0n) is 7.25. The first-order valence-corrected chi connectivity index (χ1v) is 3.98. The van der Waals surface area contributed by atoms with Gasteiger partial charge in [-0.15, -0.1) is 4.99 Å². The highest BCUT2D eigenvalue weighted by atomic mass is 15.3. The van der Waals surface area contributed by atoms with Gasteiger partial charge in [-0.1, -0.05) is 18.2 Å². The molecule has 0 aliphatic rings. The van der Waals surface area contributed by atoms with Crippen LogP contribution in [0, 0.1) is 11.5 Å². The molecule has 2 aromatic rings. The lowest BCUT2D eigenvalue weighted by molar-refractivity contribution is 0.950. The van der Waals surface area contributed by atoms with Crippen LogP contribution < -0.4 is 5.73 Å². The van der Waals surface area contributed by atoms with Gasteiger partial charge in [-0.05, 0) is 6.07 Å². The molecule has 1 aromatic carbocycles. The molecule has 0 saturated heterocycles. The lowest BCUT2D eigenvalue weighted by Gasteiger charge is -1.98. The molecule has 0 saturated carbocycles. The van der Waals surface area contributed by atoms with Gasteiger partial charge in [0.05, 0.1) is 11.7 Å². The van der Waals surface area contributed by atoms with Crippen molar-refractivity contribution in [3.8, 4) is 6.19 Å². The highest BCUT2D eigenvalue weighted by Crippen LogP contribution is 2.11. The molecule has 1 aromatic heterocycles. The minimum Gasteiger partial charge on any atom is -0.367 e. The van der Waals surface area contributed by atoms with Gasteiger partial charge < -0.3 is 5.73 Å². The van der Waals surface area contributed by atoms with Crippen molar-refractivity contribution in [2.45, 2.75) is 0 Å². The van der Waals surface area contributed by atoms with E-state index in [1.54, 1.807) is 12.4 Å². The first-order chi connectivity index (χ1) is 6.83. The Bertz CT molecular complexity index is 531. The summed E-state index contributed by atoms with van der Waals surface area (Å²) in [6.07, 6.45) is 3.30. The molecule has 0 bridgehead atoms. The van der Waals surface area contributed by atoms with Gasteiger partial charge >= 0.3 is 0 Å². The predicted molar refractivity (Wildman–Crippen MR) is 52.4 cm³/mol. The third-order valence-corrected chi connectivity index (χ3v) is 1.86. The van der Waals surface area contributed by atoms with E-state index in [-0.39, 0.29) is 5.96 Å². The number of para-hydroxylation sites is 1. The molecule has 2 N–H and O–H groups in total. The number of nitrogens with zero attached hydrogens (tertiary/aromatic N) is 4. The maximum absolute atomic E-state index is 8.35. The minimum absolute atomic E-state index is 0.0775. The number of benzene rings is 1. The molecular weight excluding hydrogens is 178 g/mol. The van der Waals surface area contributed by atoms with E-state index < -0.39 is 0 Å². The molecule has 2 rings (SSSR count). The van der Waals surface area contributed by atoms with E-state index in [9.17, 15) is 0 Å². The Labute approximate surface area is 80.1 Å². The van der Waals surface area contributed by atoms with Crippen molar-refractivity contribution in [2.24, 2.45) is 10.7 Å². The van der Waals surface area contributed by atoms with Gasteiger partial charge in [0.2, 0.25) is 12.2 Å². The molecule has 0 aliphatic carbocycles. The first kappa shape index (κ1) is 8.26. The van der Waals surface area contributed by atoms with Gasteiger partial charge in [-0.25, -0.2) is 0 Å². The van der Waals surface area contributed by atoms with Crippen molar-refractivity contribution in [3.05, 3.63) is 30.5 Å². The quantitative estimate of drug-likeness (QED) is 0.372. The maximum Gasteiger partial charge on any atom is 0.232 e. The van der Waals surface area contributed by atoms with Crippen molar-refractivity contribution in [1.82, 2.24) is 9.78 Å². The van der Waals surface area contributed by atoms with E-state index in [0.717, 1.165) is 10.9 Å². The van der Waals surface area contributed by atoms with Gasteiger partial charge in [0, 0.05) is 5.39 Å². The molecule has 5 nitrogen and oxygen atoms in total. The number of fused-ring (bicyclic) bond motifs is 1. The number of rotatable bonds is 0. The average Bonchev–Trinajstić information content (AvgIpc) is 2.61. The third kappa shape index (κ3) is 1.19. The van der Waals surface area contributed by atoms with Crippen LogP contribution >= 0.6 is 0 Å². The molecule has 0 unspecified atom stereocenters. The van der Waals surface area contributed by atoms with Crippen LogP contribution in [0.3, 0.4) is 0 Å². The van der Waals surface area contributed by atoms with E-state index in [1.807, 2.05) is 24.3 Å². The van der Waals surface area contributed by atoms with Gasteiger partial charge in [-0.2, -0.15) is 15.0 Å². The van der Waals surface area contributed by atoms with Crippen LogP contribution in [0.25, 0.3) is 10.9 Å². The molecule has 0 radical (unpaired) electrons. The summed E-state index contributed by atoms with van der Waals surface area (Å²) in [4.78, 5) is 3.42. The van der Waals surface area contributed by atoms with E-state index in [1.165, 1.54) is 4.68 Å². The molecule has 0 fully saturated rings. The number of hydrogen-bond acceptors (Lipinski definition) is 3. The van der Waals surface area contributed by atoms with Crippen LogP contribution in [0.2, 0.25) is 0 Å². The van der Waals surface area contributed by atoms with Crippen LogP contribution in [0.4, 0.5) is 0 Å². The normalized spacial score (nSPS) is 11.5. The van der Waals surface area contributed by atoms with Crippen LogP contribution in [0.15, 0.2) is 35.5 Å². The molecule has 68 valence electrons. The second kappa shape index (κ2) is 3.18. The van der Waals surface area contributed by atoms with Crippen molar-refractivity contribution in [1.29, 1.82) is 5.26 Å². The van der Waals surface area contributed by atoms with Crippen molar-refractivity contribution in [2.75, 3.05) is 0 Å². The summed E-state index contributed by atoms with van der Waals surface area (Å²) in [5.41, 5.74) is 6.38. The number of aromatic nitrogens is 2. The summed E-state index contributed by atoms with van der Waals surface area (Å²) in [6, 6.07) is 7.56. The number of nitrogens with two attached hydrogens (primary N) is 1. The lowest BCUT2D eigenvalue weighted by atomic mass is 10.3. The topological polar surface area (TPSA) is 80.0 Å². The van der Waals surface area contributed by atoms with Crippen molar-refractivity contribution in [3.63, 3.8) is 0 Å². The minimum atomic E-state index is 0.0775. The average molecular weight is 185 g/mol. The molecule has 0 aliphatic heterocycles. The third-order valence-electron chi connectivity index (χ3n) is 1.86. The zero-order chi connectivity index (χ0) is 9.97. The summed E-state index contributed by atoms with van der Waals surface area (Å²) in [7, 11) is 0. The second-order valence-electron chi connectivity index (χ2n) is 2.69. The fourth-order valence-corrected chi connectivity index (χ4v) is 1.25. The number of nitriles is 1. The molecule has 5 heteroatoms. The number of aliphatic imine (C=N–C) groups is 1. The largest absolute Gasteiger partial charge is 0.367 e. The summed E-state index contributed by atoms with van der Waals surface area (Å²) in [5.74, 6) is 0.0775. The molecule has 1 heterocycles. The lowest BCUT2D eigenvalue weighted by Crippen LogP contribution is -2.22. The van der Waals surface area contributed by atoms with Gasteiger partial charge in [0.1, 0.15) is 0 Å². The molecule has 14 heavy (non-hydrogen) atoms. The second-order valence-corrected chi connectivity index (χ2v) is 2.69. The smallest absolute Gasteiger partial charge is 0.232 e. The summed E-state index contributed by atoms with van der Waals surface area (Å²) < 4.78 is 1.43.